The average Bonchev–Trinajstić information content (AvgIpc) is 2.86. The second-order valence-electron chi connectivity index (χ2n) is 4.46. The van der Waals surface area contributed by atoms with Gasteiger partial charge >= 0.3 is 0 Å². The molecule has 0 spiro atoms. The van der Waals surface area contributed by atoms with Crippen LogP contribution in [-0.4, -0.2) is 12.1 Å². The third-order valence-electron chi connectivity index (χ3n) is 2.86. The van der Waals surface area contributed by atoms with Crippen molar-refractivity contribution in [2.75, 3.05) is 7.11 Å². The van der Waals surface area contributed by atoms with Gasteiger partial charge in [-0.3, -0.25) is 0 Å². The molecule has 0 saturated heterocycles. The minimum Gasteiger partial charge on any atom is -0.496 e. The zero-order valence-electron chi connectivity index (χ0n) is 10.9. The summed E-state index contributed by atoms with van der Waals surface area (Å²) < 4.78 is 5.39. The number of hydrogen-bond acceptors (Lipinski definition) is 4. The van der Waals surface area contributed by atoms with E-state index in [4.69, 9.17) is 10.5 Å². The lowest BCUT2D eigenvalue weighted by atomic mass is 10.00. The highest BCUT2D eigenvalue weighted by molar-refractivity contribution is 7.13. The molecule has 0 saturated carbocycles. The van der Waals surface area contributed by atoms with Crippen LogP contribution >= 0.6 is 11.3 Å². The van der Waals surface area contributed by atoms with Crippen molar-refractivity contribution in [3.05, 3.63) is 34.8 Å². The van der Waals surface area contributed by atoms with E-state index in [0.29, 0.717) is 12.5 Å². The van der Waals surface area contributed by atoms with Gasteiger partial charge in [-0.05, 0) is 29.7 Å². The molecule has 4 heteroatoms. The van der Waals surface area contributed by atoms with E-state index < -0.39 is 0 Å². The molecule has 0 aliphatic carbocycles. The number of aromatic nitrogens is 1. The van der Waals surface area contributed by atoms with Gasteiger partial charge in [-0.25, -0.2) is 4.98 Å². The van der Waals surface area contributed by atoms with E-state index in [1.165, 1.54) is 5.56 Å². The van der Waals surface area contributed by atoms with Gasteiger partial charge in [0.1, 0.15) is 10.8 Å². The third-order valence-corrected chi connectivity index (χ3v) is 3.80. The van der Waals surface area contributed by atoms with Crippen LogP contribution in [0, 0.1) is 0 Å². The van der Waals surface area contributed by atoms with Crippen LogP contribution < -0.4 is 10.5 Å². The molecule has 1 heterocycles. The predicted octanol–water partition coefficient (Wildman–Crippen LogP) is 3.40. The Morgan fingerprint density at radius 1 is 1.39 bits per heavy atom. The summed E-state index contributed by atoms with van der Waals surface area (Å²) >= 11 is 1.63. The van der Waals surface area contributed by atoms with Crippen molar-refractivity contribution in [1.29, 1.82) is 0 Å². The van der Waals surface area contributed by atoms with E-state index in [2.05, 4.69) is 24.9 Å². The topological polar surface area (TPSA) is 48.1 Å². The molecular weight excluding hydrogens is 244 g/mol. The van der Waals surface area contributed by atoms with Gasteiger partial charge in [0.2, 0.25) is 0 Å². The summed E-state index contributed by atoms with van der Waals surface area (Å²) in [5.74, 6) is 1.36. The third kappa shape index (κ3) is 2.54. The Bertz CT molecular complexity index is 534. The smallest absolute Gasteiger partial charge is 0.123 e. The fraction of sp³-hybridized carbons (Fsp3) is 0.357. The first-order chi connectivity index (χ1) is 8.65. The summed E-state index contributed by atoms with van der Waals surface area (Å²) in [7, 11) is 1.71. The van der Waals surface area contributed by atoms with E-state index in [-0.39, 0.29) is 0 Å². The minimum atomic E-state index is 0.425. The summed E-state index contributed by atoms with van der Waals surface area (Å²) in [5, 5.41) is 3.02. The molecule has 96 valence electrons. The van der Waals surface area contributed by atoms with Gasteiger partial charge in [0.15, 0.2) is 0 Å². The molecule has 0 amide bonds. The molecule has 2 aromatic rings. The number of methoxy groups -OCH3 is 1. The second-order valence-corrected chi connectivity index (χ2v) is 5.32. The summed E-state index contributed by atoms with van der Waals surface area (Å²) in [6.07, 6.45) is 0. The molecule has 2 rings (SSSR count). The van der Waals surface area contributed by atoms with Crippen molar-refractivity contribution in [3.63, 3.8) is 0 Å². The Hall–Kier alpha value is -1.39. The molecule has 0 radical (unpaired) electrons. The van der Waals surface area contributed by atoms with E-state index in [9.17, 15) is 0 Å². The molecule has 0 unspecified atom stereocenters. The van der Waals surface area contributed by atoms with Crippen LogP contribution in [0.25, 0.3) is 10.6 Å². The maximum Gasteiger partial charge on any atom is 0.123 e. The van der Waals surface area contributed by atoms with Crippen molar-refractivity contribution in [3.8, 4) is 16.3 Å². The minimum absolute atomic E-state index is 0.425. The first kappa shape index (κ1) is 13.1. The quantitative estimate of drug-likeness (QED) is 0.918. The van der Waals surface area contributed by atoms with Crippen LogP contribution in [0.2, 0.25) is 0 Å². The number of thiazole rings is 1. The first-order valence-corrected chi connectivity index (χ1v) is 6.86. The zero-order chi connectivity index (χ0) is 13.1. The molecule has 1 aromatic heterocycles. The predicted molar refractivity (Wildman–Crippen MR) is 76.1 cm³/mol. The Kier molecular flexibility index (Phi) is 3.99. The number of ether oxygens (including phenoxy) is 1. The Balaban J connectivity index is 2.42. The molecule has 18 heavy (non-hydrogen) atoms. The Morgan fingerprint density at radius 3 is 2.72 bits per heavy atom. The van der Waals surface area contributed by atoms with E-state index in [1.54, 1.807) is 18.4 Å². The van der Waals surface area contributed by atoms with Crippen LogP contribution in [0.5, 0.6) is 5.75 Å². The number of rotatable bonds is 4. The average molecular weight is 262 g/mol. The molecule has 2 N–H and O–H groups in total. The zero-order valence-corrected chi connectivity index (χ0v) is 11.8. The van der Waals surface area contributed by atoms with E-state index >= 15 is 0 Å². The number of nitrogens with two attached hydrogens (primary N) is 1. The maximum atomic E-state index is 5.59. The summed E-state index contributed by atoms with van der Waals surface area (Å²) in [5.41, 5.74) is 8.87. The molecule has 0 aliphatic heterocycles. The van der Waals surface area contributed by atoms with Crippen molar-refractivity contribution < 1.29 is 4.74 Å². The highest BCUT2D eigenvalue weighted by Gasteiger charge is 2.11. The maximum absolute atomic E-state index is 5.59. The van der Waals surface area contributed by atoms with E-state index in [0.717, 1.165) is 22.0 Å². The van der Waals surface area contributed by atoms with Gasteiger partial charge in [-0.2, -0.15) is 0 Å². The van der Waals surface area contributed by atoms with E-state index in [1.807, 2.05) is 17.5 Å². The Labute approximate surface area is 112 Å². The SMILES string of the molecule is COc1ccc(-c2nc(CN)cs2)cc1C(C)C. The summed E-state index contributed by atoms with van der Waals surface area (Å²) in [4.78, 5) is 4.51. The lowest BCUT2D eigenvalue weighted by molar-refractivity contribution is 0.407. The van der Waals surface area contributed by atoms with Gasteiger partial charge in [0.05, 0.1) is 12.8 Å². The van der Waals surface area contributed by atoms with Gasteiger partial charge in [0.25, 0.3) is 0 Å². The lowest BCUT2D eigenvalue weighted by Crippen LogP contribution is -1.96. The van der Waals surface area contributed by atoms with Crippen LogP contribution in [-0.2, 0) is 6.54 Å². The number of hydrogen-bond donors (Lipinski definition) is 1. The van der Waals surface area contributed by atoms with Crippen LogP contribution in [0.4, 0.5) is 0 Å². The Morgan fingerprint density at radius 2 is 2.17 bits per heavy atom. The fourth-order valence-corrected chi connectivity index (χ4v) is 2.68. The molecule has 0 aliphatic rings. The van der Waals surface area contributed by atoms with Crippen molar-refractivity contribution in [2.45, 2.75) is 26.3 Å². The van der Waals surface area contributed by atoms with Crippen LogP contribution in [0.15, 0.2) is 23.6 Å². The number of benzene rings is 1. The molecular formula is C14H18N2OS. The van der Waals surface area contributed by atoms with Gasteiger partial charge < -0.3 is 10.5 Å². The van der Waals surface area contributed by atoms with Gasteiger partial charge in [-0.1, -0.05) is 13.8 Å². The lowest BCUT2D eigenvalue weighted by Gasteiger charge is -2.12. The molecule has 0 fully saturated rings. The molecule has 0 bridgehead atoms. The van der Waals surface area contributed by atoms with Crippen LogP contribution in [0.1, 0.15) is 31.0 Å². The monoisotopic (exact) mass is 262 g/mol. The van der Waals surface area contributed by atoms with Crippen molar-refractivity contribution in [2.24, 2.45) is 5.73 Å². The summed E-state index contributed by atoms with van der Waals surface area (Å²) in [6, 6.07) is 6.21. The first-order valence-electron chi connectivity index (χ1n) is 5.98. The van der Waals surface area contributed by atoms with Gasteiger partial charge in [-0.15, -0.1) is 11.3 Å². The largest absolute Gasteiger partial charge is 0.496 e. The van der Waals surface area contributed by atoms with Crippen LogP contribution in [0.3, 0.4) is 0 Å². The summed E-state index contributed by atoms with van der Waals surface area (Å²) in [6.45, 7) is 4.81. The molecule has 0 atom stereocenters. The fourth-order valence-electron chi connectivity index (χ4n) is 1.85. The van der Waals surface area contributed by atoms with Crippen molar-refractivity contribution >= 4 is 11.3 Å². The molecule has 3 nitrogen and oxygen atoms in total. The van der Waals surface area contributed by atoms with Gasteiger partial charge in [0, 0.05) is 17.5 Å². The standard InChI is InChI=1S/C14H18N2OS/c1-9(2)12-6-10(4-5-13(12)17-3)14-16-11(7-15)8-18-14/h4-6,8-9H,7,15H2,1-3H3. The number of nitrogens with zero attached hydrogens (tertiary/aromatic N) is 1. The molecule has 1 aromatic carbocycles. The normalized spacial score (nSPS) is 10.9. The highest BCUT2D eigenvalue weighted by Crippen LogP contribution is 2.32. The second kappa shape index (κ2) is 5.50. The highest BCUT2D eigenvalue weighted by atomic mass is 32.1. The van der Waals surface area contributed by atoms with Crippen molar-refractivity contribution in [1.82, 2.24) is 4.98 Å².